The fourth-order valence-corrected chi connectivity index (χ4v) is 1.88. The molecule has 0 radical (unpaired) electrons. The Bertz CT molecular complexity index is 300. The molecule has 0 N–H and O–H groups in total. The molecule has 1 saturated heterocycles. The zero-order chi connectivity index (χ0) is 9.80. The van der Waals surface area contributed by atoms with Gasteiger partial charge < -0.3 is 4.42 Å². The molecular formula is C11H15NO2. The van der Waals surface area contributed by atoms with Crippen molar-refractivity contribution in [2.45, 2.75) is 25.8 Å². The summed E-state index contributed by atoms with van der Waals surface area (Å²) < 4.78 is 5.29. The molecule has 2 heterocycles. The van der Waals surface area contributed by atoms with Crippen LogP contribution in [0.1, 0.15) is 35.4 Å². The predicted molar refractivity (Wildman–Crippen MR) is 53.2 cm³/mol. The van der Waals surface area contributed by atoms with Crippen LogP contribution in [0.2, 0.25) is 0 Å². The Labute approximate surface area is 83.7 Å². The van der Waals surface area contributed by atoms with Crippen LogP contribution >= 0.6 is 0 Å². The molecule has 3 nitrogen and oxygen atoms in total. The average Bonchev–Trinajstić information content (AvgIpc) is 2.67. The normalized spacial score (nSPS) is 18.3. The predicted octanol–water partition coefficient (Wildman–Crippen LogP) is 2.08. The highest BCUT2D eigenvalue weighted by molar-refractivity contribution is 5.74. The molecule has 14 heavy (non-hydrogen) atoms. The smallest absolute Gasteiger partial charge is 0.153 e. The first-order chi connectivity index (χ1) is 6.88. The first-order valence-electron chi connectivity index (χ1n) is 5.13. The van der Waals surface area contributed by atoms with E-state index in [1.165, 1.54) is 25.5 Å². The highest BCUT2D eigenvalue weighted by atomic mass is 16.3. The zero-order valence-electron chi connectivity index (χ0n) is 8.24. The zero-order valence-corrected chi connectivity index (χ0v) is 8.24. The second kappa shape index (κ2) is 4.42. The van der Waals surface area contributed by atoms with E-state index in [0.29, 0.717) is 5.56 Å². The van der Waals surface area contributed by atoms with Crippen LogP contribution in [-0.4, -0.2) is 24.3 Å². The van der Waals surface area contributed by atoms with Crippen molar-refractivity contribution in [3.63, 3.8) is 0 Å². The van der Waals surface area contributed by atoms with Crippen molar-refractivity contribution in [2.75, 3.05) is 13.1 Å². The number of nitrogens with zero attached hydrogens (tertiary/aromatic N) is 1. The van der Waals surface area contributed by atoms with Crippen molar-refractivity contribution < 1.29 is 9.21 Å². The SMILES string of the molecule is O=Cc1coc(CN2CCCCC2)c1. The van der Waals surface area contributed by atoms with Crippen molar-refractivity contribution in [3.05, 3.63) is 23.7 Å². The lowest BCUT2D eigenvalue weighted by molar-refractivity contribution is 0.112. The highest BCUT2D eigenvalue weighted by Crippen LogP contribution is 2.14. The first-order valence-corrected chi connectivity index (χ1v) is 5.13. The fourth-order valence-electron chi connectivity index (χ4n) is 1.88. The van der Waals surface area contributed by atoms with E-state index in [1.54, 1.807) is 0 Å². The minimum atomic E-state index is 0.636. The molecule has 2 rings (SSSR count). The summed E-state index contributed by atoms with van der Waals surface area (Å²) >= 11 is 0. The van der Waals surface area contributed by atoms with E-state index in [0.717, 1.165) is 31.7 Å². The molecule has 0 bridgehead atoms. The highest BCUT2D eigenvalue weighted by Gasteiger charge is 2.12. The van der Waals surface area contributed by atoms with Gasteiger partial charge in [0.05, 0.1) is 12.1 Å². The summed E-state index contributed by atoms with van der Waals surface area (Å²) in [6.45, 7) is 3.14. The Kier molecular flexibility index (Phi) is 2.99. The van der Waals surface area contributed by atoms with Crippen LogP contribution in [0.4, 0.5) is 0 Å². The van der Waals surface area contributed by atoms with Crippen LogP contribution in [0.5, 0.6) is 0 Å². The number of aldehydes is 1. The maximum atomic E-state index is 10.4. The summed E-state index contributed by atoms with van der Waals surface area (Å²) in [4.78, 5) is 12.8. The molecule has 0 aliphatic carbocycles. The molecular weight excluding hydrogens is 178 g/mol. The second-order valence-corrected chi connectivity index (χ2v) is 3.80. The van der Waals surface area contributed by atoms with Crippen molar-refractivity contribution in [2.24, 2.45) is 0 Å². The number of likely N-dealkylation sites (tertiary alicyclic amines) is 1. The van der Waals surface area contributed by atoms with Gasteiger partial charge in [0.15, 0.2) is 6.29 Å². The molecule has 0 atom stereocenters. The lowest BCUT2D eigenvalue weighted by Gasteiger charge is -2.25. The molecule has 0 saturated carbocycles. The standard InChI is InChI=1S/C11H15NO2/c13-8-10-6-11(14-9-10)7-12-4-2-1-3-5-12/h6,8-9H,1-5,7H2. The lowest BCUT2D eigenvalue weighted by Crippen LogP contribution is -2.28. The number of hydrogen-bond donors (Lipinski definition) is 0. The lowest BCUT2D eigenvalue weighted by atomic mass is 10.1. The van der Waals surface area contributed by atoms with Crippen LogP contribution in [0.3, 0.4) is 0 Å². The molecule has 76 valence electrons. The summed E-state index contributed by atoms with van der Waals surface area (Å²) in [5, 5.41) is 0. The summed E-state index contributed by atoms with van der Waals surface area (Å²) in [5.74, 6) is 0.897. The summed E-state index contributed by atoms with van der Waals surface area (Å²) in [6, 6.07) is 1.82. The van der Waals surface area contributed by atoms with Gasteiger partial charge in [0.2, 0.25) is 0 Å². The van der Waals surface area contributed by atoms with Gasteiger partial charge in [-0.1, -0.05) is 6.42 Å². The number of carbonyl (C=O) groups excluding carboxylic acids is 1. The van der Waals surface area contributed by atoms with Crippen LogP contribution in [0, 0.1) is 0 Å². The van der Waals surface area contributed by atoms with Gasteiger partial charge in [-0.15, -0.1) is 0 Å². The van der Waals surface area contributed by atoms with Crippen LogP contribution in [0.15, 0.2) is 16.7 Å². The van der Waals surface area contributed by atoms with Crippen molar-refractivity contribution in [3.8, 4) is 0 Å². The van der Waals surface area contributed by atoms with E-state index in [4.69, 9.17) is 4.42 Å². The van der Waals surface area contributed by atoms with Gasteiger partial charge in [-0.3, -0.25) is 9.69 Å². The van der Waals surface area contributed by atoms with Crippen LogP contribution in [0.25, 0.3) is 0 Å². The average molecular weight is 193 g/mol. The number of rotatable bonds is 3. The molecule has 0 unspecified atom stereocenters. The van der Waals surface area contributed by atoms with E-state index in [1.807, 2.05) is 6.07 Å². The monoisotopic (exact) mass is 193 g/mol. The maximum Gasteiger partial charge on any atom is 0.153 e. The molecule has 0 aromatic carbocycles. The van der Waals surface area contributed by atoms with Gasteiger partial charge in [0, 0.05) is 0 Å². The fraction of sp³-hybridized carbons (Fsp3) is 0.545. The Balaban J connectivity index is 1.92. The van der Waals surface area contributed by atoms with Gasteiger partial charge in [0.25, 0.3) is 0 Å². The minimum absolute atomic E-state index is 0.636. The number of hydrogen-bond acceptors (Lipinski definition) is 3. The Morgan fingerprint density at radius 1 is 1.36 bits per heavy atom. The van der Waals surface area contributed by atoms with E-state index < -0.39 is 0 Å². The van der Waals surface area contributed by atoms with Gasteiger partial charge in [0.1, 0.15) is 12.0 Å². The molecule has 1 aromatic rings. The first kappa shape index (κ1) is 9.46. The number of piperidine rings is 1. The summed E-state index contributed by atoms with van der Waals surface area (Å²) in [6.07, 6.45) is 6.24. The van der Waals surface area contributed by atoms with Gasteiger partial charge in [-0.25, -0.2) is 0 Å². The second-order valence-electron chi connectivity index (χ2n) is 3.80. The molecule has 0 amide bonds. The number of furan rings is 1. The van der Waals surface area contributed by atoms with E-state index >= 15 is 0 Å². The quantitative estimate of drug-likeness (QED) is 0.689. The van der Waals surface area contributed by atoms with Crippen LogP contribution < -0.4 is 0 Å². The topological polar surface area (TPSA) is 33.5 Å². The minimum Gasteiger partial charge on any atom is -0.467 e. The molecule has 1 aliphatic heterocycles. The van der Waals surface area contributed by atoms with E-state index in [9.17, 15) is 4.79 Å². The molecule has 0 spiro atoms. The van der Waals surface area contributed by atoms with Crippen molar-refractivity contribution >= 4 is 6.29 Å². The van der Waals surface area contributed by atoms with Gasteiger partial charge in [-0.2, -0.15) is 0 Å². The van der Waals surface area contributed by atoms with Crippen molar-refractivity contribution in [1.82, 2.24) is 4.90 Å². The van der Waals surface area contributed by atoms with E-state index in [2.05, 4.69) is 4.90 Å². The molecule has 1 aromatic heterocycles. The van der Waals surface area contributed by atoms with Crippen molar-refractivity contribution in [1.29, 1.82) is 0 Å². The van der Waals surface area contributed by atoms with Gasteiger partial charge in [-0.05, 0) is 32.0 Å². The Hall–Kier alpha value is -1.09. The summed E-state index contributed by atoms with van der Waals surface area (Å²) in [5.41, 5.74) is 0.636. The summed E-state index contributed by atoms with van der Waals surface area (Å²) in [7, 11) is 0. The van der Waals surface area contributed by atoms with E-state index in [-0.39, 0.29) is 0 Å². The number of carbonyl (C=O) groups is 1. The Morgan fingerprint density at radius 3 is 2.79 bits per heavy atom. The third kappa shape index (κ3) is 2.23. The molecule has 3 heteroatoms. The third-order valence-corrected chi connectivity index (χ3v) is 2.64. The third-order valence-electron chi connectivity index (χ3n) is 2.64. The van der Waals surface area contributed by atoms with Crippen LogP contribution in [-0.2, 0) is 6.54 Å². The largest absolute Gasteiger partial charge is 0.467 e. The maximum absolute atomic E-state index is 10.4. The van der Waals surface area contributed by atoms with Gasteiger partial charge >= 0.3 is 0 Å². The molecule has 1 aliphatic rings. The molecule has 1 fully saturated rings. The Morgan fingerprint density at radius 2 is 2.14 bits per heavy atom.